The molecule has 0 saturated heterocycles. The van der Waals surface area contributed by atoms with E-state index in [9.17, 15) is 9.59 Å². The van der Waals surface area contributed by atoms with Gasteiger partial charge in [-0.15, -0.1) is 0 Å². The Kier molecular flexibility index (Phi) is 3.68. The van der Waals surface area contributed by atoms with Crippen molar-refractivity contribution >= 4 is 22.8 Å². The molecular weight excluding hydrogens is 220 g/mol. The molecule has 0 radical (unpaired) electrons. The summed E-state index contributed by atoms with van der Waals surface area (Å²) < 4.78 is 9.44. The van der Waals surface area contributed by atoms with Crippen LogP contribution in [-0.4, -0.2) is 25.4 Å². The molecule has 0 aliphatic heterocycles. The average molecular weight is 229 g/mol. The normalized spacial score (nSPS) is 9.53. The zero-order valence-electron chi connectivity index (χ0n) is 8.24. The van der Waals surface area contributed by atoms with Gasteiger partial charge in [0.25, 0.3) is 5.24 Å². The molecule has 0 aliphatic carbocycles. The molecule has 0 heterocycles. The van der Waals surface area contributed by atoms with Gasteiger partial charge in [-0.05, 0) is 29.8 Å². The third kappa shape index (κ3) is 2.70. The van der Waals surface area contributed by atoms with Crippen LogP contribution < -0.4 is 4.74 Å². The van der Waals surface area contributed by atoms with Crippen molar-refractivity contribution in [3.05, 3.63) is 29.3 Å². The number of methoxy groups -OCH3 is 2. The second kappa shape index (κ2) is 4.79. The number of ether oxygens (including phenoxy) is 2. The van der Waals surface area contributed by atoms with Crippen LogP contribution in [0, 0.1) is 0 Å². The fourth-order valence-corrected chi connectivity index (χ4v) is 1.18. The molecule has 0 atom stereocenters. The molecule has 0 fully saturated rings. The molecule has 80 valence electrons. The number of esters is 1. The van der Waals surface area contributed by atoms with E-state index in [4.69, 9.17) is 16.3 Å². The Morgan fingerprint density at radius 3 is 2.20 bits per heavy atom. The minimum atomic E-state index is -0.654. The molecule has 0 unspecified atom stereocenters. The molecule has 1 rings (SSSR count). The molecule has 0 bridgehead atoms. The molecule has 0 spiro atoms. The lowest BCUT2D eigenvalue weighted by atomic mass is 10.1. The Morgan fingerprint density at radius 2 is 1.73 bits per heavy atom. The molecule has 0 aliphatic rings. The first-order valence-corrected chi connectivity index (χ1v) is 4.43. The van der Waals surface area contributed by atoms with Crippen LogP contribution in [0.3, 0.4) is 0 Å². The summed E-state index contributed by atoms with van der Waals surface area (Å²) in [4.78, 5) is 22.2. The molecule has 1 aromatic carbocycles. The fraction of sp³-hybridized carbons (Fsp3) is 0.200. The highest BCUT2D eigenvalue weighted by Crippen LogP contribution is 2.19. The van der Waals surface area contributed by atoms with E-state index in [1.807, 2.05) is 0 Å². The standard InChI is InChI=1S/C10H9ClO4/c1-14-8-4-6(9(11)12)3-7(5-8)10(13)15-2/h3-5H,1-2H3. The minimum absolute atomic E-state index is 0.191. The summed E-state index contributed by atoms with van der Waals surface area (Å²) in [5.41, 5.74) is 0.414. The third-order valence-corrected chi connectivity index (χ3v) is 2.01. The van der Waals surface area contributed by atoms with Crippen LogP contribution in [0.1, 0.15) is 20.7 Å². The van der Waals surface area contributed by atoms with Gasteiger partial charge in [-0.1, -0.05) is 0 Å². The maximum Gasteiger partial charge on any atom is 0.338 e. The van der Waals surface area contributed by atoms with Crippen molar-refractivity contribution in [1.82, 2.24) is 0 Å². The lowest BCUT2D eigenvalue weighted by Crippen LogP contribution is -2.03. The number of carbonyl (C=O) groups is 2. The molecule has 0 saturated carbocycles. The molecule has 0 N–H and O–H groups in total. The largest absolute Gasteiger partial charge is 0.497 e. The summed E-state index contributed by atoms with van der Waals surface area (Å²) in [6, 6.07) is 4.26. The van der Waals surface area contributed by atoms with E-state index in [0.29, 0.717) is 5.75 Å². The van der Waals surface area contributed by atoms with Crippen LogP contribution in [0.25, 0.3) is 0 Å². The van der Waals surface area contributed by atoms with Crippen molar-refractivity contribution in [3.63, 3.8) is 0 Å². The molecule has 5 heteroatoms. The summed E-state index contributed by atoms with van der Waals surface area (Å²) in [6.07, 6.45) is 0. The molecule has 0 aromatic heterocycles. The highest BCUT2D eigenvalue weighted by Gasteiger charge is 2.12. The van der Waals surface area contributed by atoms with E-state index >= 15 is 0 Å². The van der Waals surface area contributed by atoms with Gasteiger partial charge in [0.15, 0.2) is 0 Å². The monoisotopic (exact) mass is 228 g/mol. The van der Waals surface area contributed by atoms with Crippen LogP contribution in [0.15, 0.2) is 18.2 Å². The van der Waals surface area contributed by atoms with Gasteiger partial charge in [-0.3, -0.25) is 4.79 Å². The fourth-order valence-electron chi connectivity index (χ4n) is 1.07. The van der Waals surface area contributed by atoms with Crippen molar-refractivity contribution in [3.8, 4) is 5.75 Å². The van der Waals surface area contributed by atoms with E-state index in [0.717, 1.165) is 0 Å². The SMILES string of the molecule is COC(=O)c1cc(OC)cc(C(=O)Cl)c1. The molecule has 0 amide bonds. The van der Waals surface area contributed by atoms with Crippen molar-refractivity contribution < 1.29 is 19.1 Å². The number of hydrogen-bond acceptors (Lipinski definition) is 4. The smallest absolute Gasteiger partial charge is 0.338 e. The van der Waals surface area contributed by atoms with Crippen molar-refractivity contribution in [2.45, 2.75) is 0 Å². The number of rotatable bonds is 3. The van der Waals surface area contributed by atoms with E-state index < -0.39 is 11.2 Å². The topological polar surface area (TPSA) is 52.6 Å². The lowest BCUT2D eigenvalue weighted by Gasteiger charge is -2.05. The predicted molar refractivity (Wildman–Crippen MR) is 54.5 cm³/mol. The Balaban J connectivity index is 3.23. The van der Waals surface area contributed by atoms with Crippen LogP contribution in [-0.2, 0) is 4.74 Å². The van der Waals surface area contributed by atoms with Gasteiger partial charge in [-0.2, -0.15) is 0 Å². The highest BCUT2D eigenvalue weighted by atomic mass is 35.5. The van der Waals surface area contributed by atoms with Crippen molar-refractivity contribution in [2.75, 3.05) is 14.2 Å². The van der Waals surface area contributed by atoms with Gasteiger partial charge in [0.05, 0.1) is 19.8 Å². The zero-order chi connectivity index (χ0) is 11.4. The summed E-state index contributed by atoms with van der Waals surface area (Å²) in [5.74, 6) is -0.171. The van der Waals surface area contributed by atoms with E-state index in [1.165, 1.54) is 32.4 Å². The van der Waals surface area contributed by atoms with Gasteiger partial charge < -0.3 is 9.47 Å². The number of halogens is 1. The number of benzene rings is 1. The first kappa shape index (κ1) is 11.5. The molecular formula is C10H9ClO4. The first-order valence-electron chi connectivity index (χ1n) is 4.05. The summed E-state index contributed by atoms with van der Waals surface area (Å²) in [5, 5.41) is -0.654. The van der Waals surface area contributed by atoms with Gasteiger partial charge in [-0.25, -0.2) is 4.79 Å². The van der Waals surface area contributed by atoms with Gasteiger partial charge in [0.1, 0.15) is 5.75 Å². The maximum atomic E-state index is 11.2. The Hall–Kier alpha value is -1.55. The van der Waals surface area contributed by atoms with Crippen LogP contribution >= 0.6 is 11.6 Å². The number of hydrogen-bond donors (Lipinski definition) is 0. The molecule has 4 nitrogen and oxygen atoms in total. The lowest BCUT2D eigenvalue weighted by molar-refractivity contribution is 0.0600. The number of carbonyl (C=O) groups excluding carboxylic acids is 2. The third-order valence-electron chi connectivity index (χ3n) is 1.79. The predicted octanol–water partition coefficient (Wildman–Crippen LogP) is 1.86. The van der Waals surface area contributed by atoms with Crippen LogP contribution in [0.2, 0.25) is 0 Å². The quantitative estimate of drug-likeness (QED) is 0.585. The minimum Gasteiger partial charge on any atom is -0.497 e. The van der Waals surface area contributed by atoms with Crippen LogP contribution in [0.4, 0.5) is 0 Å². The molecule has 15 heavy (non-hydrogen) atoms. The second-order valence-corrected chi connectivity index (χ2v) is 3.06. The van der Waals surface area contributed by atoms with E-state index in [-0.39, 0.29) is 11.1 Å². The zero-order valence-corrected chi connectivity index (χ0v) is 9.00. The summed E-state index contributed by atoms with van der Waals surface area (Å²) in [6.45, 7) is 0. The average Bonchev–Trinajstić information content (AvgIpc) is 2.27. The van der Waals surface area contributed by atoms with E-state index in [1.54, 1.807) is 0 Å². The van der Waals surface area contributed by atoms with Crippen molar-refractivity contribution in [2.24, 2.45) is 0 Å². The van der Waals surface area contributed by atoms with Gasteiger partial charge in [0, 0.05) is 5.56 Å². The van der Waals surface area contributed by atoms with Crippen LogP contribution in [0.5, 0.6) is 5.75 Å². The Morgan fingerprint density at radius 1 is 1.13 bits per heavy atom. The van der Waals surface area contributed by atoms with E-state index in [2.05, 4.69) is 4.74 Å². The van der Waals surface area contributed by atoms with Crippen molar-refractivity contribution in [1.29, 1.82) is 0 Å². The highest BCUT2D eigenvalue weighted by molar-refractivity contribution is 6.67. The summed E-state index contributed by atoms with van der Waals surface area (Å²) >= 11 is 5.31. The van der Waals surface area contributed by atoms with Gasteiger partial charge in [0.2, 0.25) is 0 Å². The Bertz CT molecular complexity index is 400. The van der Waals surface area contributed by atoms with Gasteiger partial charge >= 0.3 is 5.97 Å². The first-order chi connectivity index (χ1) is 7.08. The Labute approximate surface area is 91.7 Å². The summed E-state index contributed by atoms with van der Waals surface area (Å²) in [7, 11) is 2.68. The second-order valence-electron chi connectivity index (χ2n) is 2.72. The molecule has 1 aromatic rings. The maximum absolute atomic E-state index is 11.2.